The molecule has 2 aromatic heterocycles. The van der Waals surface area contributed by atoms with Crippen LogP contribution < -0.4 is 5.73 Å². The second-order valence-corrected chi connectivity index (χ2v) is 5.11. The number of aromatic carboxylic acids is 1. The SMILES string of the molecule is CCc1nn(CC)c(Cn2cc(N)c(C(=O)O)n2)c1Br. The topological polar surface area (TPSA) is 99.0 Å². The van der Waals surface area contributed by atoms with Gasteiger partial charge in [0.1, 0.15) is 0 Å². The fraction of sp³-hybridized carbons (Fsp3) is 0.417. The third-order valence-corrected chi connectivity index (χ3v) is 3.91. The van der Waals surface area contributed by atoms with Gasteiger partial charge in [-0.1, -0.05) is 6.92 Å². The maximum atomic E-state index is 10.9. The molecule has 0 unspecified atom stereocenters. The minimum Gasteiger partial charge on any atom is -0.476 e. The highest BCUT2D eigenvalue weighted by Gasteiger charge is 2.17. The average molecular weight is 342 g/mol. The number of hydrogen-bond acceptors (Lipinski definition) is 4. The molecule has 108 valence electrons. The molecular weight excluding hydrogens is 326 g/mol. The van der Waals surface area contributed by atoms with Gasteiger partial charge in [-0.25, -0.2) is 4.79 Å². The van der Waals surface area contributed by atoms with Crippen LogP contribution in [0.4, 0.5) is 5.69 Å². The van der Waals surface area contributed by atoms with E-state index in [1.807, 2.05) is 18.5 Å². The van der Waals surface area contributed by atoms with E-state index in [0.717, 1.165) is 28.8 Å². The summed E-state index contributed by atoms with van der Waals surface area (Å²) in [7, 11) is 0. The molecule has 8 heteroatoms. The molecule has 0 spiro atoms. The van der Waals surface area contributed by atoms with E-state index in [2.05, 4.69) is 26.1 Å². The molecule has 0 aliphatic carbocycles. The van der Waals surface area contributed by atoms with Crippen molar-refractivity contribution in [3.05, 3.63) is 27.8 Å². The number of nitrogens with two attached hydrogens (primary N) is 1. The number of carboxylic acids is 1. The number of carboxylic acid groups (broad SMARTS) is 1. The van der Waals surface area contributed by atoms with Crippen LogP contribution in [0.5, 0.6) is 0 Å². The van der Waals surface area contributed by atoms with Crippen molar-refractivity contribution in [1.29, 1.82) is 0 Å². The molecule has 0 amide bonds. The Kier molecular flexibility index (Phi) is 4.12. The lowest BCUT2D eigenvalue weighted by Gasteiger charge is -2.05. The average Bonchev–Trinajstić information content (AvgIpc) is 2.92. The smallest absolute Gasteiger partial charge is 0.358 e. The lowest BCUT2D eigenvalue weighted by atomic mass is 10.3. The van der Waals surface area contributed by atoms with Gasteiger partial charge in [0.2, 0.25) is 0 Å². The molecule has 0 fully saturated rings. The molecule has 2 rings (SSSR count). The van der Waals surface area contributed by atoms with Gasteiger partial charge in [0.25, 0.3) is 0 Å². The third kappa shape index (κ3) is 2.55. The highest BCUT2D eigenvalue weighted by Crippen LogP contribution is 2.23. The van der Waals surface area contributed by atoms with Gasteiger partial charge in [-0.15, -0.1) is 0 Å². The van der Waals surface area contributed by atoms with Crippen molar-refractivity contribution in [2.45, 2.75) is 33.4 Å². The van der Waals surface area contributed by atoms with Crippen LogP contribution in [0.1, 0.15) is 35.7 Å². The number of anilines is 1. The summed E-state index contributed by atoms with van der Waals surface area (Å²) in [5.74, 6) is -1.13. The van der Waals surface area contributed by atoms with E-state index in [9.17, 15) is 4.79 Å². The predicted octanol–water partition coefficient (Wildman–Crippen LogP) is 1.75. The molecule has 0 radical (unpaired) electrons. The fourth-order valence-corrected chi connectivity index (χ4v) is 2.70. The Morgan fingerprint density at radius 3 is 2.65 bits per heavy atom. The predicted molar refractivity (Wildman–Crippen MR) is 77.7 cm³/mol. The summed E-state index contributed by atoms with van der Waals surface area (Å²) in [6, 6.07) is 0. The Bertz CT molecular complexity index is 647. The molecule has 0 atom stereocenters. The zero-order valence-electron chi connectivity index (χ0n) is 11.3. The number of hydrogen-bond donors (Lipinski definition) is 2. The quantitative estimate of drug-likeness (QED) is 0.863. The number of carbonyl (C=O) groups is 1. The summed E-state index contributed by atoms with van der Waals surface area (Å²) in [5, 5.41) is 17.4. The van der Waals surface area contributed by atoms with Gasteiger partial charge in [0, 0.05) is 12.7 Å². The molecule has 2 aromatic rings. The fourth-order valence-electron chi connectivity index (χ4n) is 2.01. The van der Waals surface area contributed by atoms with E-state index in [0.29, 0.717) is 6.54 Å². The summed E-state index contributed by atoms with van der Waals surface area (Å²) < 4.78 is 4.33. The summed E-state index contributed by atoms with van der Waals surface area (Å²) in [5.41, 5.74) is 7.59. The Morgan fingerprint density at radius 2 is 2.15 bits per heavy atom. The molecule has 20 heavy (non-hydrogen) atoms. The number of aryl methyl sites for hydroxylation is 2. The van der Waals surface area contributed by atoms with Crippen LogP contribution in [0, 0.1) is 0 Å². The van der Waals surface area contributed by atoms with Crippen molar-refractivity contribution >= 4 is 27.6 Å². The van der Waals surface area contributed by atoms with Crippen LogP contribution in [0.2, 0.25) is 0 Å². The minimum absolute atomic E-state index is 0.126. The standard InChI is InChI=1S/C12H16BrN5O2/c1-3-8-10(13)9(18(4-2)15-8)6-17-5-7(14)11(16-17)12(19)20/h5H,3-4,6,14H2,1-2H3,(H,19,20). The van der Waals surface area contributed by atoms with Gasteiger partial charge in [-0.2, -0.15) is 10.2 Å². The zero-order chi connectivity index (χ0) is 14.9. The largest absolute Gasteiger partial charge is 0.476 e. The van der Waals surface area contributed by atoms with Gasteiger partial charge >= 0.3 is 5.97 Å². The van der Waals surface area contributed by atoms with Gasteiger partial charge < -0.3 is 10.8 Å². The first-order valence-corrected chi connectivity index (χ1v) is 7.07. The lowest BCUT2D eigenvalue weighted by molar-refractivity contribution is 0.0690. The van der Waals surface area contributed by atoms with Crippen LogP contribution in [0.25, 0.3) is 0 Å². The maximum Gasteiger partial charge on any atom is 0.358 e. The first-order chi connectivity index (χ1) is 9.47. The molecule has 0 bridgehead atoms. The number of rotatable bonds is 5. The first kappa shape index (κ1) is 14.6. The van der Waals surface area contributed by atoms with E-state index >= 15 is 0 Å². The van der Waals surface area contributed by atoms with Crippen LogP contribution in [0.3, 0.4) is 0 Å². The van der Waals surface area contributed by atoms with Gasteiger partial charge in [-0.3, -0.25) is 9.36 Å². The van der Waals surface area contributed by atoms with E-state index in [1.165, 1.54) is 10.9 Å². The van der Waals surface area contributed by atoms with Crippen LogP contribution in [0.15, 0.2) is 10.7 Å². The molecule has 0 saturated carbocycles. The first-order valence-electron chi connectivity index (χ1n) is 6.28. The Hall–Kier alpha value is -1.83. The van der Waals surface area contributed by atoms with Crippen LogP contribution >= 0.6 is 15.9 Å². The summed E-state index contributed by atoms with van der Waals surface area (Å²) in [6.45, 7) is 5.18. The third-order valence-electron chi connectivity index (χ3n) is 3.00. The highest BCUT2D eigenvalue weighted by atomic mass is 79.9. The highest BCUT2D eigenvalue weighted by molar-refractivity contribution is 9.10. The number of halogens is 1. The summed E-state index contributed by atoms with van der Waals surface area (Å²) >= 11 is 3.54. The number of aromatic nitrogens is 4. The van der Waals surface area contributed by atoms with Crippen molar-refractivity contribution in [3.8, 4) is 0 Å². The monoisotopic (exact) mass is 341 g/mol. The van der Waals surface area contributed by atoms with Crippen molar-refractivity contribution in [2.24, 2.45) is 0 Å². The summed E-state index contributed by atoms with van der Waals surface area (Å²) in [6.07, 6.45) is 2.34. The van der Waals surface area contributed by atoms with E-state index < -0.39 is 5.97 Å². The lowest BCUT2D eigenvalue weighted by Crippen LogP contribution is -2.10. The molecule has 2 heterocycles. The van der Waals surface area contributed by atoms with Crippen molar-refractivity contribution in [2.75, 3.05) is 5.73 Å². The van der Waals surface area contributed by atoms with Crippen molar-refractivity contribution in [3.63, 3.8) is 0 Å². The Morgan fingerprint density at radius 1 is 1.45 bits per heavy atom. The molecular formula is C12H16BrN5O2. The molecule has 0 aliphatic rings. The maximum absolute atomic E-state index is 10.9. The number of nitrogens with zero attached hydrogens (tertiary/aromatic N) is 4. The van der Waals surface area contributed by atoms with Crippen LogP contribution in [-0.2, 0) is 19.5 Å². The van der Waals surface area contributed by atoms with Crippen molar-refractivity contribution in [1.82, 2.24) is 19.6 Å². The molecule has 0 aliphatic heterocycles. The van der Waals surface area contributed by atoms with Gasteiger partial charge in [0.05, 0.1) is 28.1 Å². The Balaban J connectivity index is 2.37. The second-order valence-electron chi connectivity index (χ2n) is 4.31. The van der Waals surface area contributed by atoms with E-state index in [1.54, 1.807) is 0 Å². The van der Waals surface area contributed by atoms with Gasteiger partial charge in [-0.05, 0) is 29.3 Å². The molecule has 0 saturated heterocycles. The molecule has 0 aromatic carbocycles. The van der Waals surface area contributed by atoms with Gasteiger partial charge in [0.15, 0.2) is 5.69 Å². The molecule has 3 N–H and O–H groups in total. The Labute approximate surface area is 124 Å². The van der Waals surface area contributed by atoms with Crippen molar-refractivity contribution < 1.29 is 9.90 Å². The van der Waals surface area contributed by atoms with Crippen LogP contribution in [-0.4, -0.2) is 30.6 Å². The summed E-state index contributed by atoms with van der Waals surface area (Å²) in [4.78, 5) is 10.9. The number of nitrogen functional groups attached to an aromatic ring is 1. The second kappa shape index (κ2) is 5.66. The van der Waals surface area contributed by atoms with E-state index in [4.69, 9.17) is 10.8 Å². The minimum atomic E-state index is -1.13. The molecule has 7 nitrogen and oxygen atoms in total. The van der Waals surface area contributed by atoms with E-state index in [-0.39, 0.29) is 11.4 Å². The normalized spacial score (nSPS) is 10.9. The zero-order valence-corrected chi connectivity index (χ0v) is 12.9.